The summed E-state index contributed by atoms with van der Waals surface area (Å²) in [5, 5.41) is 0. The molecule has 4 rings (SSSR count). The lowest BCUT2D eigenvalue weighted by atomic mass is 9.93. The maximum Gasteiger partial charge on any atom is 0.222 e. The Labute approximate surface area is 144 Å². The van der Waals surface area contributed by atoms with Gasteiger partial charge in [-0.2, -0.15) is 0 Å². The van der Waals surface area contributed by atoms with E-state index < -0.39 is 0 Å². The van der Waals surface area contributed by atoms with Crippen LogP contribution in [-0.2, 0) is 11.3 Å². The quantitative estimate of drug-likeness (QED) is 0.851. The molecule has 1 amide bonds. The highest BCUT2D eigenvalue weighted by atomic mass is 16.3. The number of piperidine rings is 1. The predicted molar refractivity (Wildman–Crippen MR) is 91.3 cm³/mol. The van der Waals surface area contributed by atoms with E-state index in [0.717, 1.165) is 75.4 Å². The van der Waals surface area contributed by atoms with Gasteiger partial charge in [-0.1, -0.05) is 6.42 Å². The highest BCUT2D eigenvalue weighted by Gasteiger charge is 2.38. The van der Waals surface area contributed by atoms with Gasteiger partial charge in [0.1, 0.15) is 6.26 Å². The lowest BCUT2D eigenvalue weighted by molar-refractivity contribution is -0.131. The number of carbonyl (C=O) groups excluding carboxylic acids is 1. The van der Waals surface area contributed by atoms with Crippen LogP contribution in [0.25, 0.3) is 0 Å². The normalized spacial score (nSPS) is 28.5. The van der Waals surface area contributed by atoms with E-state index in [1.54, 1.807) is 6.26 Å². The fourth-order valence-corrected chi connectivity index (χ4v) is 4.87. The summed E-state index contributed by atoms with van der Waals surface area (Å²) >= 11 is 0. The van der Waals surface area contributed by atoms with Crippen molar-refractivity contribution in [1.82, 2.24) is 14.8 Å². The zero-order chi connectivity index (χ0) is 16.5. The Morgan fingerprint density at radius 2 is 1.92 bits per heavy atom. The van der Waals surface area contributed by atoms with Crippen molar-refractivity contribution in [3.63, 3.8) is 0 Å². The summed E-state index contributed by atoms with van der Waals surface area (Å²) in [6.07, 6.45) is 8.83. The van der Waals surface area contributed by atoms with Crippen LogP contribution in [0.15, 0.2) is 10.7 Å². The van der Waals surface area contributed by atoms with Gasteiger partial charge in [-0.25, -0.2) is 4.98 Å². The summed E-state index contributed by atoms with van der Waals surface area (Å²) in [6.45, 7) is 6.95. The van der Waals surface area contributed by atoms with Crippen LogP contribution in [0.5, 0.6) is 0 Å². The van der Waals surface area contributed by atoms with Gasteiger partial charge < -0.3 is 9.32 Å². The summed E-state index contributed by atoms with van der Waals surface area (Å²) < 4.78 is 5.28. The van der Waals surface area contributed by atoms with Gasteiger partial charge in [0, 0.05) is 33.0 Å². The monoisotopic (exact) mass is 331 g/mol. The highest BCUT2D eigenvalue weighted by molar-refractivity contribution is 5.76. The number of nitrogens with zero attached hydrogens (tertiary/aromatic N) is 3. The molecule has 3 fully saturated rings. The van der Waals surface area contributed by atoms with Crippen LogP contribution in [0.4, 0.5) is 0 Å². The molecular weight excluding hydrogens is 302 g/mol. The van der Waals surface area contributed by atoms with Crippen LogP contribution in [-0.4, -0.2) is 46.9 Å². The number of hydrogen-bond donors (Lipinski definition) is 0. The number of oxazole rings is 1. The molecule has 2 aliphatic heterocycles. The first-order chi connectivity index (χ1) is 11.7. The van der Waals surface area contributed by atoms with Crippen molar-refractivity contribution >= 4 is 5.91 Å². The van der Waals surface area contributed by atoms with Crippen LogP contribution in [0.2, 0.25) is 0 Å². The molecule has 2 saturated heterocycles. The van der Waals surface area contributed by atoms with Crippen molar-refractivity contribution < 1.29 is 9.21 Å². The number of aryl methyl sites for hydroxylation is 1. The van der Waals surface area contributed by atoms with Gasteiger partial charge in [-0.05, 0) is 56.5 Å². The summed E-state index contributed by atoms with van der Waals surface area (Å²) in [4.78, 5) is 21.6. The Morgan fingerprint density at radius 1 is 1.21 bits per heavy atom. The van der Waals surface area contributed by atoms with Gasteiger partial charge in [-0.15, -0.1) is 0 Å². The molecule has 0 aromatic carbocycles. The first kappa shape index (κ1) is 16.1. The average molecular weight is 331 g/mol. The first-order valence-corrected chi connectivity index (χ1v) is 9.58. The molecule has 5 nitrogen and oxygen atoms in total. The molecule has 24 heavy (non-hydrogen) atoms. The lowest BCUT2D eigenvalue weighted by Crippen LogP contribution is -2.36. The Bertz CT molecular complexity index is 565. The molecule has 3 aliphatic rings. The SMILES string of the molecule is Cc1nc(CN2CCC(CC(=O)N3CC4CCCC4C3)CC2)co1. The van der Waals surface area contributed by atoms with Crippen molar-refractivity contribution in [1.29, 1.82) is 0 Å². The van der Waals surface area contributed by atoms with Gasteiger partial charge in [-0.3, -0.25) is 9.69 Å². The standard InChI is InChI=1S/C19H29N3O2/c1-14-20-18(13-24-14)12-21-7-5-15(6-8-21)9-19(23)22-10-16-3-2-4-17(16)11-22/h13,15-17H,2-12H2,1H3. The van der Waals surface area contributed by atoms with Crippen molar-refractivity contribution in [3.05, 3.63) is 17.8 Å². The second-order valence-corrected chi connectivity index (χ2v) is 8.03. The molecule has 5 heteroatoms. The first-order valence-electron chi connectivity index (χ1n) is 9.58. The topological polar surface area (TPSA) is 49.6 Å². The van der Waals surface area contributed by atoms with E-state index in [9.17, 15) is 4.79 Å². The number of hydrogen-bond acceptors (Lipinski definition) is 4. The highest BCUT2D eigenvalue weighted by Crippen LogP contribution is 2.38. The van der Waals surface area contributed by atoms with Gasteiger partial charge in [0.25, 0.3) is 0 Å². The van der Waals surface area contributed by atoms with Crippen molar-refractivity contribution in [2.24, 2.45) is 17.8 Å². The Kier molecular flexibility index (Phi) is 4.61. The summed E-state index contributed by atoms with van der Waals surface area (Å²) in [7, 11) is 0. The zero-order valence-corrected chi connectivity index (χ0v) is 14.7. The van der Waals surface area contributed by atoms with Crippen LogP contribution in [0.1, 0.15) is 50.1 Å². The number of carbonyl (C=O) groups is 1. The average Bonchev–Trinajstić information content (AvgIpc) is 3.25. The molecular formula is C19H29N3O2. The smallest absolute Gasteiger partial charge is 0.222 e. The Hall–Kier alpha value is -1.36. The number of likely N-dealkylation sites (tertiary alicyclic amines) is 2. The van der Waals surface area contributed by atoms with E-state index >= 15 is 0 Å². The van der Waals surface area contributed by atoms with E-state index in [1.807, 2.05) is 6.92 Å². The molecule has 2 atom stereocenters. The molecule has 0 N–H and O–H groups in total. The Balaban J connectivity index is 1.21. The summed E-state index contributed by atoms with van der Waals surface area (Å²) in [5.74, 6) is 3.33. The molecule has 2 unspecified atom stereocenters. The zero-order valence-electron chi connectivity index (χ0n) is 14.7. The fourth-order valence-electron chi connectivity index (χ4n) is 4.87. The third kappa shape index (κ3) is 3.51. The third-order valence-electron chi connectivity index (χ3n) is 6.30. The van der Waals surface area contributed by atoms with Crippen LogP contribution in [0.3, 0.4) is 0 Å². The van der Waals surface area contributed by atoms with Gasteiger partial charge in [0.15, 0.2) is 5.89 Å². The maximum absolute atomic E-state index is 12.6. The number of amides is 1. The number of rotatable bonds is 4. The van der Waals surface area contributed by atoms with E-state index in [1.165, 1.54) is 19.3 Å². The van der Waals surface area contributed by atoms with Crippen LogP contribution >= 0.6 is 0 Å². The Morgan fingerprint density at radius 3 is 2.54 bits per heavy atom. The molecule has 132 valence electrons. The second kappa shape index (κ2) is 6.87. The molecule has 1 aromatic heterocycles. The van der Waals surface area contributed by atoms with Gasteiger partial charge in [0.05, 0.1) is 5.69 Å². The molecule has 1 aromatic rings. The molecule has 0 radical (unpaired) electrons. The molecule has 3 heterocycles. The van der Waals surface area contributed by atoms with Crippen molar-refractivity contribution in [2.75, 3.05) is 26.2 Å². The molecule has 0 spiro atoms. The maximum atomic E-state index is 12.6. The second-order valence-electron chi connectivity index (χ2n) is 8.03. The minimum Gasteiger partial charge on any atom is -0.449 e. The van der Waals surface area contributed by atoms with Gasteiger partial charge in [0.2, 0.25) is 5.91 Å². The van der Waals surface area contributed by atoms with E-state index in [-0.39, 0.29) is 0 Å². The third-order valence-corrected chi connectivity index (χ3v) is 6.30. The van der Waals surface area contributed by atoms with E-state index in [4.69, 9.17) is 4.42 Å². The summed E-state index contributed by atoms with van der Waals surface area (Å²) in [5.41, 5.74) is 1.02. The van der Waals surface area contributed by atoms with Crippen LogP contribution < -0.4 is 0 Å². The minimum absolute atomic E-state index is 0.412. The molecule has 0 bridgehead atoms. The van der Waals surface area contributed by atoms with Crippen molar-refractivity contribution in [2.45, 2.75) is 52.0 Å². The molecule has 1 aliphatic carbocycles. The fraction of sp³-hybridized carbons (Fsp3) is 0.789. The molecule has 1 saturated carbocycles. The largest absolute Gasteiger partial charge is 0.449 e. The minimum atomic E-state index is 0.412. The number of fused-ring (bicyclic) bond motifs is 1. The van der Waals surface area contributed by atoms with Crippen LogP contribution in [0, 0.1) is 24.7 Å². The number of aromatic nitrogens is 1. The summed E-state index contributed by atoms with van der Waals surface area (Å²) in [6, 6.07) is 0. The van der Waals surface area contributed by atoms with Crippen molar-refractivity contribution in [3.8, 4) is 0 Å². The predicted octanol–water partition coefficient (Wildman–Crippen LogP) is 2.84. The van der Waals surface area contributed by atoms with E-state index in [2.05, 4.69) is 14.8 Å². The lowest BCUT2D eigenvalue weighted by Gasteiger charge is -2.32. The van der Waals surface area contributed by atoms with Gasteiger partial charge >= 0.3 is 0 Å². The van der Waals surface area contributed by atoms with E-state index in [0.29, 0.717) is 11.8 Å².